The van der Waals surface area contributed by atoms with Crippen LogP contribution in [0.25, 0.3) is 5.78 Å². The minimum Gasteiger partial charge on any atom is -0.464 e. The van der Waals surface area contributed by atoms with Crippen molar-refractivity contribution < 1.29 is 4.42 Å². The van der Waals surface area contributed by atoms with E-state index in [-0.39, 0.29) is 11.5 Å². The van der Waals surface area contributed by atoms with Gasteiger partial charge >= 0.3 is 0 Å². The Morgan fingerprint density at radius 2 is 2.09 bits per heavy atom. The van der Waals surface area contributed by atoms with Gasteiger partial charge in [-0.05, 0) is 24.5 Å². The largest absolute Gasteiger partial charge is 0.464 e. The number of furan rings is 1. The zero-order valence-electron chi connectivity index (χ0n) is 14.3. The van der Waals surface area contributed by atoms with Gasteiger partial charge in [0.05, 0.1) is 6.04 Å². The van der Waals surface area contributed by atoms with E-state index in [2.05, 4.69) is 48.1 Å². The number of nitrogens with one attached hydrogen (secondary N) is 1. The Kier molecular flexibility index (Phi) is 3.83. The number of aromatic nitrogens is 4. The van der Waals surface area contributed by atoms with Crippen molar-refractivity contribution in [1.82, 2.24) is 19.6 Å². The molecule has 0 amide bonds. The van der Waals surface area contributed by atoms with Crippen LogP contribution in [0.2, 0.25) is 0 Å². The first kappa shape index (κ1) is 15.5. The van der Waals surface area contributed by atoms with Crippen LogP contribution in [-0.2, 0) is 6.42 Å². The molecule has 0 spiro atoms. The third kappa shape index (κ3) is 3.06. The summed E-state index contributed by atoms with van der Waals surface area (Å²) in [6.07, 6.45) is 2.40. The van der Waals surface area contributed by atoms with Crippen LogP contribution in [0.5, 0.6) is 0 Å². The maximum Gasteiger partial charge on any atom is 0.254 e. The zero-order chi connectivity index (χ0) is 16.6. The summed E-state index contributed by atoms with van der Waals surface area (Å²) >= 11 is 0. The van der Waals surface area contributed by atoms with Crippen molar-refractivity contribution in [2.45, 2.75) is 47.1 Å². The van der Waals surface area contributed by atoms with E-state index in [1.807, 2.05) is 25.1 Å². The van der Waals surface area contributed by atoms with Gasteiger partial charge < -0.3 is 9.73 Å². The lowest BCUT2D eigenvalue weighted by molar-refractivity contribution is 0.298. The third-order valence-corrected chi connectivity index (χ3v) is 3.85. The molecule has 3 aromatic rings. The fraction of sp³-hybridized carbons (Fsp3) is 0.471. The van der Waals surface area contributed by atoms with Gasteiger partial charge in [0.25, 0.3) is 5.78 Å². The summed E-state index contributed by atoms with van der Waals surface area (Å²) in [5, 5.41) is 7.83. The summed E-state index contributed by atoms with van der Waals surface area (Å²) in [5.74, 6) is 3.37. The quantitative estimate of drug-likeness (QED) is 0.793. The molecule has 3 heterocycles. The molecule has 23 heavy (non-hydrogen) atoms. The number of nitrogens with zero attached hydrogens (tertiary/aromatic N) is 4. The molecular formula is C17H23N5O. The molecule has 0 saturated carbocycles. The van der Waals surface area contributed by atoms with Crippen LogP contribution < -0.4 is 5.32 Å². The highest BCUT2D eigenvalue weighted by atomic mass is 16.3. The van der Waals surface area contributed by atoms with Gasteiger partial charge in [0.2, 0.25) is 0 Å². The lowest BCUT2D eigenvalue weighted by Gasteiger charge is -2.30. The molecule has 0 fully saturated rings. The Hall–Kier alpha value is -2.37. The van der Waals surface area contributed by atoms with Gasteiger partial charge in [0, 0.05) is 18.2 Å². The van der Waals surface area contributed by atoms with E-state index in [1.54, 1.807) is 4.52 Å². The molecule has 6 heteroatoms. The van der Waals surface area contributed by atoms with E-state index < -0.39 is 0 Å². The van der Waals surface area contributed by atoms with E-state index in [0.29, 0.717) is 5.78 Å². The van der Waals surface area contributed by atoms with Crippen LogP contribution in [0.1, 0.15) is 51.0 Å². The summed E-state index contributed by atoms with van der Waals surface area (Å²) in [4.78, 5) is 8.56. The highest BCUT2D eigenvalue weighted by Gasteiger charge is 2.30. The first-order chi connectivity index (χ1) is 10.9. The summed E-state index contributed by atoms with van der Waals surface area (Å²) < 4.78 is 7.71. The van der Waals surface area contributed by atoms with Gasteiger partial charge in [-0.15, -0.1) is 0 Å². The van der Waals surface area contributed by atoms with E-state index >= 15 is 0 Å². The van der Waals surface area contributed by atoms with Crippen LogP contribution >= 0.6 is 0 Å². The predicted octanol–water partition coefficient (Wildman–Crippen LogP) is 3.79. The van der Waals surface area contributed by atoms with E-state index in [9.17, 15) is 0 Å². The monoisotopic (exact) mass is 313 g/mol. The second-order valence-corrected chi connectivity index (χ2v) is 6.86. The van der Waals surface area contributed by atoms with Crippen molar-refractivity contribution >= 4 is 11.6 Å². The number of aryl methyl sites for hydroxylation is 2. The average molecular weight is 313 g/mol. The van der Waals surface area contributed by atoms with E-state index in [1.165, 1.54) is 6.33 Å². The Morgan fingerprint density at radius 3 is 2.74 bits per heavy atom. The van der Waals surface area contributed by atoms with Gasteiger partial charge in [0.1, 0.15) is 23.7 Å². The van der Waals surface area contributed by atoms with Crippen molar-refractivity contribution in [1.29, 1.82) is 0 Å². The number of anilines is 1. The van der Waals surface area contributed by atoms with Gasteiger partial charge in [-0.2, -0.15) is 14.6 Å². The van der Waals surface area contributed by atoms with Crippen LogP contribution in [0.4, 0.5) is 5.82 Å². The minimum absolute atomic E-state index is 0.0111. The van der Waals surface area contributed by atoms with Gasteiger partial charge in [-0.3, -0.25) is 0 Å². The molecule has 1 atom stereocenters. The molecule has 3 aromatic heterocycles. The van der Waals surface area contributed by atoms with Crippen molar-refractivity contribution in [3.8, 4) is 0 Å². The van der Waals surface area contributed by atoms with Crippen LogP contribution in [-0.4, -0.2) is 19.6 Å². The number of rotatable bonds is 4. The highest BCUT2D eigenvalue weighted by Crippen LogP contribution is 2.36. The predicted molar refractivity (Wildman–Crippen MR) is 89.4 cm³/mol. The Morgan fingerprint density at radius 1 is 1.30 bits per heavy atom. The molecule has 0 aromatic carbocycles. The molecule has 6 nitrogen and oxygen atoms in total. The Labute approximate surface area is 135 Å². The molecule has 0 aliphatic heterocycles. The number of hydrogen-bond donors (Lipinski definition) is 1. The molecule has 3 rings (SSSR count). The second kappa shape index (κ2) is 5.68. The maximum atomic E-state index is 5.99. The smallest absolute Gasteiger partial charge is 0.254 e. The molecule has 0 saturated heterocycles. The number of hydrogen-bond acceptors (Lipinski definition) is 5. The fourth-order valence-electron chi connectivity index (χ4n) is 2.64. The molecule has 0 aliphatic rings. The topological polar surface area (TPSA) is 68.2 Å². The van der Waals surface area contributed by atoms with Crippen molar-refractivity contribution in [2.24, 2.45) is 5.41 Å². The molecule has 122 valence electrons. The van der Waals surface area contributed by atoms with Crippen molar-refractivity contribution in [3.63, 3.8) is 0 Å². The van der Waals surface area contributed by atoms with Gasteiger partial charge in [0.15, 0.2) is 0 Å². The first-order valence-corrected chi connectivity index (χ1v) is 7.91. The van der Waals surface area contributed by atoms with Crippen molar-refractivity contribution in [2.75, 3.05) is 5.32 Å². The van der Waals surface area contributed by atoms with Crippen LogP contribution in [0.15, 0.2) is 28.9 Å². The molecule has 0 radical (unpaired) electrons. The normalized spacial score (nSPS) is 13.4. The van der Waals surface area contributed by atoms with Gasteiger partial charge in [-0.25, -0.2) is 4.98 Å². The summed E-state index contributed by atoms with van der Waals surface area (Å²) in [7, 11) is 0. The molecule has 1 N–H and O–H groups in total. The SMILES string of the molecule is CCc1ccc(C(Nc2cc(C)nc3ncnn23)C(C)(C)C)o1. The average Bonchev–Trinajstić information content (AvgIpc) is 3.11. The summed E-state index contributed by atoms with van der Waals surface area (Å²) in [6, 6.07) is 6.08. The second-order valence-electron chi connectivity index (χ2n) is 6.86. The third-order valence-electron chi connectivity index (χ3n) is 3.85. The highest BCUT2D eigenvalue weighted by molar-refractivity contribution is 5.46. The minimum atomic E-state index is -0.0348. The molecule has 1 unspecified atom stereocenters. The fourth-order valence-corrected chi connectivity index (χ4v) is 2.64. The van der Waals surface area contributed by atoms with E-state index in [0.717, 1.165) is 29.5 Å². The standard InChI is InChI=1S/C17H23N5O/c1-6-12-7-8-13(23-12)15(17(3,4)5)21-14-9-11(2)20-16-18-10-19-22(14)16/h7-10,15,21H,6H2,1-5H3. The molecule has 0 bridgehead atoms. The Bertz CT molecular complexity index is 812. The maximum absolute atomic E-state index is 5.99. The van der Waals surface area contributed by atoms with E-state index in [4.69, 9.17) is 4.42 Å². The molecule has 0 aliphatic carbocycles. The molecular weight excluding hydrogens is 290 g/mol. The van der Waals surface area contributed by atoms with Crippen LogP contribution in [0.3, 0.4) is 0 Å². The first-order valence-electron chi connectivity index (χ1n) is 7.91. The lowest BCUT2D eigenvalue weighted by atomic mass is 9.85. The zero-order valence-corrected chi connectivity index (χ0v) is 14.3. The summed E-state index contributed by atoms with van der Waals surface area (Å²) in [5.41, 5.74) is 0.863. The Balaban J connectivity index is 2.02. The van der Waals surface area contributed by atoms with Crippen LogP contribution in [0, 0.1) is 12.3 Å². The van der Waals surface area contributed by atoms with Crippen molar-refractivity contribution in [3.05, 3.63) is 41.7 Å². The number of fused-ring (bicyclic) bond motifs is 1. The lowest BCUT2D eigenvalue weighted by Crippen LogP contribution is -2.26. The summed E-state index contributed by atoms with van der Waals surface area (Å²) in [6.45, 7) is 10.6. The van der Waals surface area contributed by atoms with Gasteiger partial charge in [-0.1, -0.05) is 27.7 Å².